The van der Waals surface area contributed by atoms with Crippen LogP contribution in [0.2, 0.25) is 0 Å². The van der Waals surface area contributed by atoms with Crippen LogP contribution in [0.3, 0.4) is 0 Å². The highest BCUT2D eigenvalue weighted by molar-refractivity contribution is 5.25. The molecule has 1 saturated heterocycles. The van der Waals surface area contributed by atoms with Gasteiger partial charge < -0.3 is 19.5 Å². The normalized spacial score (nSPS) is 17.8. The zero-order valence-electron chi connectivity index (χ0n) is 12.1. The summed E-state index contributed by atoms with van der Waals surface area (Å²) < 4.78 is 7.26. The summed E-state index contributed by atoms with van der Waals surface area (Å²) in [5, 5.41) is 3.31. The summed E-state index contributed by atoms with van der Waals surface area (Å²) in [5.41, 5.74) is 0. The van der Waals surface area contributed by atoms with Gasteiger partial charge in [0.1, 0.15) is 0 Å². The van der Waals surface area contributed by atoms with E-state index in [1.54, 1.807) is 7.11 Å². The van der Waals surface area contributed by atoms with Gasteiger partial charge in [-0.15, -0.1) is 0 Å². The first kappa shape index (κ1) is 14.3. The Bertz CT molecular complexity index is 358. The highest BCUT2D eigenvalue weighted by Gasteiger charge is 2.16. The first-order valence-corrected chi connectivity index (χ1v) is 7.22. The van der Waals surface area contributed by atoms with Crippen LogP contribution in [0.15, 0.2) is 12.4 Å². The Morgan fingerprint density at radius 3 is 2.95 bits per heavy atom. The van der Waals surface area contributed by atoms with E-state index in [0.29, 0.717) is 6.61 Å². The van der Waals surface area contributed by atoms with Crippen molar-refractivity contribution in [2.45, 2.75) is 25.8 Å². The summed E-state index contributed by atoms with van der Waals surface area (Å²) in [7, 11) is 3.93. The molecule has 0 unspecified atom stereocenters. The predicted octanol–water partition coefficient (Wildman–Crippen LogP) is 1.67. The maximum Gasteiger partial charge on any atom is 0.202 e. The molecule has 5 heteroatoms. The van der Waals surface area contributed by atoms with Crippen LogP contribution < -0.4 is 5.32 Å². The molecule has 2 rings (SSSR count). The minimum Gasteiger partial charge on any atom is -0.383 e. The summed E-state index contributed by atoms with van der Waals surface area (Å²) in [6.45, 7) is 5.06. The van der Waals surface area contributed by atoms with Gasteiger partial charge in [-0.3, -0.25) is 0 Å². The number of methoxy groups -OCH3 is 1. The number of nitrogens with zero attached hydrogens (tertiary/aromatic N) is 3. The topological polar surface area (TPSA) is 42.3 Å². The third-order valence-electron chi connectivity index (χ3n) is 3.92. The Labute approximate surface area is 116 Å². The fourth-order valence-electron chi connectivity index (χ4n) is 2.59. The fraction of sp³-hybridized carbons (Fsp3) is 0.786. The Balaban J connectivity index is 1.74. The smallest absolute Gasteiger partial charge is 0.202 e. The molecule has 0 atom stereocenters. The average Bonchev–Trinajstić information content (AvgIpc) is 2.86. The summed E-state index contributed by atoms with van der Waals surface area (Å²) in [6.07, 6.45) is 7.84. The lowest BCUT2D eigenvalue weighted by molar-refractivity contribution is 0.207. The van der Waals surface area contributed by atoms with Crippen molar-refractivity contribution in [3.63, 3.8) is 0 Å². The molecule has 0 aromatic carbocycles. The molecular weight excluding hydrogens is 240 g/mol. The van der Waals surface area contributed by atoms with Crippen LogP contribution in [0.1, 0.15) is 19.3 Å². The fourth-order valence-corrected chi connectivity index (χ4v) is 2.59. The Morgan fingerprint density at radius 2 is 2.21 bits per heavy atom. The van der Waals surface area contributed by atoms with Crippen molar-refractivity contribution in [3.8, 4) is 0 Å². The minimum atomic E-state index is 0.710. The summed E-state index contributed by atoms with van der Waals surface area (Å²) in [4.78, 5) is 6.77. The number of nitrogens with one attached hydrogen (secondary N) is 1. The van der Waals surface area contributed by atoms with Crippen LogP contribution in [-0.4, -0.2) is 54.8 Å². The molecule has 0 aliphatic carbocycles. The van der Waals surface area contributed by atoms with E-state index >= 15 is 0 Å². The molecule has 1 N–H and O–H groups in total. The first-order chi connectivity index (χ1) is 9.29. The first-order valence-electron chi connectivity index (χ1n) is 7.22. The summed E-state index contributed by atoms with van der Waals surface area (Å²) >= 11 is 0. The largest absolute Gasteiger partial charge is 0.383 e. The number of anilines is 1. The van der Waals surface area contributed by atoms with Crippen molar-refractivity contribution in [2.75, 3.05) is 45.7 Å². The predicted molar refractivity (Wildman–Crippen MR) is 77.4 cm³/mol. The number of hydrogen-bond donors (Lipinski definition) is 1. The third-order valence-corrected chi connectivity index (χ3v) is 3.92. The average molecular weight is 266 g/mol. The van der Waals surface area contributed by atoms with Crippen LogP contribution >= 0.6 is 0 Å². The Hall–Kier alpha value is -1.07. The standard InChI is InChI=1S/C14H26N4O/c1-17-8-3-13(4-9-17)5-10-18-11-6-15-14(18)16-7-12-19-2/h6,11,13H,3-5,7-10,12H2,1-2H3,(H,15,16). The van der Waals surface area contributed by atoms with Crippen molar-refractivity contribution < 1.29 is 4.74 Å². The van der Waals surface area contributed by atoms with Gasteiger partial charge in [0, 0.05) is 32.6 Å². The van der Waals surface area contributed by atoms with Crippen LogP contribution in [-0.2, 0) is 11.3 Å². The second kappa shape index (κ2) is 7.50. The molecule has 0 spiro atoms. The van der Waals surface area contributed by atoms with E-state index < -0.39 is 0 Å². The van der Waals surface area contributed by atoms with Crippen molar-refractivity contribution in [3.05, 3.63) is 12.4 Å². The summed E-state index contributed by atoms with van der Waals surface area (Å²) in [5.74, 6) is 1.83. The van der Waals surface area contributed by atoms with Crippen LogP contribution in [0, 0.1) is 5.92 Å². The van der Waals surface area contributed by atoms with E-state index in [0.717, 1.165) is 25.0 Å². The molecular formula is C14H26N4O. The molecule has 1 aliphatic rings. The van der Waals surface area contributed by atoms with Crippen molar-refractivity contribution in [2.24, 2.45) is 5.92 Å². The SMILES string of the molecule is COCCNc1nccn1CCC1CCN(C)CC1. The molecule has 0 amide bonds. The number of piperidine rings is 1. The number of rotatable bonds is 7. The van der Waals surface area contributed by atoms with E-state index in [-0.39, 0.29) is 0 Å². The Morgan fingerprint density at radius 1 is 1.42 bits per heavy atom. The van der Waals surface area contributed by atoms with Crippen LogP contribution in [0.5, 0.6) is 0 Å². The molecule has 0 saturated carbocycles. The van der Waals surface area contributed by atoms with Gasteiger partial charge in [-0.25, -0.2) is 4.98 Å². The maximum atomic E-state index is 5.04. The zero-order chi connectivity index (χ0) is 13.5. The maximum absolute atomic E-state index is 5.04. The quantitative estimate of drug-likeness (QED) is 0.762. The molecule has 1 aliphatic heterocycles. The summed E-state index contributed by atoms with van der Waals surface area (Å²) in [6, 6.07) is 0. The number of hydrogen-bond acceptors (Lipinski definition) is 4. The molecule has 5 nitrogen and oxygen atoms in total. The monoisotopic (exact) mass is 266 g/mol. The molecule has 19 heavy (non-hydrogen) atoms. The van der Waals surface area contributed by atoms with Gasteiger partial charge in [0.15, 0.2) is 0 Å². The lowest BCUT2D eigenvalue weighted by atomic mass is 9.94. The molecule has 1 aromatic rings. The van der Waals surface area contributed by atoms with Gasteiger partial charge >= 0.3 is 0 Å². The van der Waals surface area contributed by atoms with Gasteiger partial charge in [0.05, 0.1) is 6.61 Å². The van der Waals surface area contributed by atoms with E-state index in [4.69, 9.17) is 4.74 Å². The van der Waals surface area contributed by atoms with Gasteiger partial charge in [-0.1, -0.05) is 0 Å². The number of aryl methyl sites for hydroxylation is 1. The second-order valence-corrected chi connectivity index (χ2v) is 5.40. The van der Waals surface area contributed by atoms with Crippen LogP contribution in [0.4, 0.5) is 5.95 Å². The molecule has 0 radical (unpaired) electrons. The molecule has 1 aromatic heterocycles. The molecule has 108 valence electrons. The minimum absolute atomic E-state index is 0.710. The highest BCUT2D eigenvalue weighted by Crippen LogP contribution is 2.20. The zero-order valence-corrected chi connectivity index (χ0v) is 12.1. The third kappa shape index (κ3) is 4.51. The molecule has 2 heterocycles. The van der Waals surface area contributed by atoms with Crippen LogP contribution in [0.25, 0.3) is 0 Å². The molecule has 0 bridgehead atoms. The Kier molecular flexibility index (Phi) is 5.66. The van der Waals surface area contributed by atoms with Gasteiger partial charge in [0.25, 0.3) is 0 Å². The number of imidazole rings is 1. The van der Waals surface area contributed by atoms with E-state index in [9.17, 15) is 0 Å². The van der Waals surface area contributed by atoms with E-state index in [1.165, 1.54) is 32.4 Å². The van der Waals surface area contributed by atoms with E-state index in [2.05, 4.69) is 33.0 Å². The van der Waals surface area contributed by atoms with Gasteiger partial charge in [0.2, 0.25) is 5.95 Å². The number of aromatic nitrogens is 2. The van der Waals surface area contributed by atoms with Gasteiger partial charge in [-0.05, 0) is 45.3 Å². The number of ether oxygens (including phenoxy) is 1. The molecule has 1 fully saturated rings. The highest BCUT2D eigenvalue weighted by atomic mass is 16.5. The van der Waals surface area contributed by atoms with Crippen molar-refractivity contribution in [1.82, 2.24) is 14.5 Å². The number of likely N-dealkylation sites (tertiary alicyclic amines) is 1. The van der Waals surface area contributed by atoms with Crippen molar-refractivity contribution >= 4 is 5.95 Å². The second-order valence-electron chi connectivity index (χ2n) is 5.40. The van der Waals surface area contributed by atoms with Crippen molar-refractivity contribution in [1.29, 1.82) is 0 Å². The lowest BCUT2D eigenvalue weighted by Gasteiger charge is -2.29. The lowest BCUT2D eigenvalue weighted by Crippen LogP contribution is -2.30. The van der Waals surface area contributed by atoms with E-state index in [1.807, 2.05) is 6.20 Å². The van der Waals surface area contributed by atoms with Gasteiger partial charge in [-0.2, -0.15) is 0 Å².